The van der Waals surface area contributed by atoms with Crippen molar-refractivity contribution in [2.45, 2.75) is 93.2 Å². The lowest BCUT2D eigenvalue weighted by Crippen LogP contribution is -2.10. The molecule has 0 radical (unpaired) electrons. The SMILES string of the molecule is CC(C)(C)c1ccc(SCCOP(OCCSc2ccc(C(C)(C)C)cc2)OCCSc2ccc(C(C)(C)C)cc2)cc1. The van der Waals surface area contributed by atoms with Crippen LogP contribution >= 0.6 is 43.9 Å². The van der Waals surface area contributed by atoms with E-state index in [0.717, 1.165) is 17.3 Å². The Bertz CT molecular complexity index is 1050. The fourth-order valence-electron chi connectivity index (χ4n) is 4.08. The van der Waals surface area contributed by atoms with Crippen LogP contribution in [-0.4, -0.2) is 37.1 Å². The van der Waals surface area contributed by atoms with Crippen molar-refractivity contribution in [1.82, 2.24) is 0 Å². The summed E-state index contributed by atoms with van der Waals surface area (Å²) in [5, 5.41) is 0. The second-order valence-corrected chi connectivity index (χ2v) is 18.3. The van der Waals surface area contributed by atoms with Crippen LogP contribution in [0.1, 0.15) is 79.0 Å². The van der Waals surface area contributed by atoms with E-state index in [4.69, 9.17) is 13.6 Å². The molecular formula is C36H51O3PS3. The van der Waals surface area contributed by atoms with Crippen molar-refractivity contribution < 1.29 is 13.6 Å². The highest BCUT2D eigenvalue weighted by Crippen LogP contribution is 2.41. The van der Waals surface area contributed by atoms with E-state index in [9.17, 15) is 0 Å². The fraction of sp³-hybridized carbons (Fsp3) is 0.500. The van der Waals surface area contributed by atoms with Gasteiger partial charge in [0.05, 0.1) is 19.8 Å². The van der Waals surface area contributed by atoms with Crippen molar-refractivity contribution in [2.24, 2.45) is 0 Å². The zero-order valence-corrected chi connectivity index (χ0v) is 30.9. The summed E-state index contributed by atoms with van der Waals surface area (Å²) in [4.78, 5) is 3.77. The first-order valence-corrected chi connectivity index (χ1v) is 19.2. The maximum Gasteiger partial charge on any atom is 0.332 e. The van der Waals surface area contributed by atoms with E-state index in [2.05, 4.69) is 135 Å². The molecule has 0 fully saturated rings. The molecule has 236 valence electrons. The van der Waals surface area contributed by atoms with Crippen LogP contribution in [0, 0.1) is 0 Å². The van der Waals surface area contributed by atoms with E-state index in [0.29, 0.717) is 19.8 Å². The van der Waals surface area contributed by atoms with Gasteiger partial charge in [-0.15, -0.1) is 35.3 Å². The fourth-order valence-corrected chi connectivity index (χ4v) is 7.59. The first-order chi connectivity index (χ1) is 20.2. The average Bonchev–Trinajstić information content (AvgIpc) is 2.94. The molecule has 0 unspecified atom stereocenters. The van der Waals surface area contributed by atoms with Crippen molar-refractivity contribution >= 4 is 43.9 Å². The Kier molecular flexibility index (Phi) is 14.5. The lowest BCUT2D eigenvalue weighted by atomic mass is 9.87. The second-order valence-electron chi connectivity index (χ2n) is 13.6. The van der Waals surface area contributed by atoms with Gasteiger partial charge in [-0.05, 0) is 69.3 Å². The van der Waals surface area contributed by atoms with Crippen LogP contribution in [0.5, 0.6) is 0 Å². The summed E-state index contributed by atoms with van der Waals surface area (Å²) in [6, 6.07) is 26.6. The van der Waals surface area contributed by atoms with Gasteiger partial charge >= 0.3 is 8.60 Å². The molecule has 3 rings (SSSR count). The van der Waals surface area contributed by atoms with Crippen molar-refractivity contribution in [3.63, 3.8) is 0 Å². The molecule has 3 aromatic rings. The first-order valence-electron chi connectivity index (χ1n) is 15.1. The number of rotatable bonds is 15. The summed E-state index contributed by atoms with van der Waals surface area (Å²) < 4.78 is 18.4. The van der Waals surface area contributed by atoms with E-state index in [1.165, 1.54) is 31.4 Å². The largest absolute Gasteiger partial charge is 0.332 e. The summed E-state index contributed by atoms with van der Waals surface area (Å²) in [6.45, 7) is 21.9. The molecule has 0 atom stereocenters. The van der Waals surface area contributed by atoms with E-state index in [-0.39, 0.29) is 16.2 Å². The molecule has 0 aromatic heterocycles. The molecule has 3 aromatic carbocycles. The molecule has 0 saturated heterocycles. The van der Waals surface area contributed by atoms with Crippen molar-refractivity contribution in [2.75, 3.05) is 37.1 Å². The Balaban J connectivity index is 1.45. The Labute approximate surface area is 276 Å². The molecule has 3 nitrogen and oxygen atoms in total. The Morgan fingerprint density at radius 2 is 0.651 bits per heavy atom. The standard InChI is InChI=1S/C36H51O3PS3/c1-34(2,3)28-10-16-31(17-11-28)41-25-22-37-40(38-23-26-42-32-18-12-29(13-19-32)35(4,5)6)39-24-27-43-33-20-14-30(15-21-33)36(7,8)9/h10-21H,22-27H2,1-9H3. The number of hydrogen-bond donors (Lipinski definition) is 0. The van der Waals surface area contributed by atoms with Gasteiger partial charge in [0.1, 0.15) is 0 Å². The highest BCUT2D eigenvalue weighted by Gasteiger charge is 2.16. The third-order valence-corrected chi connectivity index (χ3v) is 10.9. The molecule has 0 bridgehead atoms. The molecule has 0 aliphatic carbocycles. The third kappa shape index (κ3) is 13.5. The molecule has 0 aliphatic heterocycles. The molecular weight excluding hydrogens is 608 g/mol. The van der Waals surface area contributed by atoms with Gasteiger partial charge < -0.3 is 13.6 Å². The number of hydrogen-bond acceptors (Lipinski definition) is 6. The van der Waals surface area contributed by atoms with Crippen LogP contribution in [-0.2, 0) is 29.8 Å². The second kappa shape index (κ2) is 17.1. The van der Waals surface area contributed by atoms with Crippen LogP contribution in [0.15, 0.2) is 87.5 Å². The Hall–Kier alpha value is -0.980. The van der Waals surface area contributed by atoms with Crippen molar-refractivity contribution in [3.05, 3.63) is 89.5 Å². The normalized spacial score (nSPS) is 12.7. The van der Waals surface area contributed by atoms with Crippen molar-refractivity contribution in [3.8, 4) is 0 Å². The highest BCUT2D eigenvalue weighted by atomic mass is 32.2. The van der Waals surface area contributed by atoms with Crippen molar-refractivity contribution in [1.29, 1.82) is 0 Å². The average molecular weight is 659 g/mol. The number of benzene rings is 3. The van der Waals surface area contributed by atoms with Crippen LogP contribution in [0.3, 0.4) is 0 Å². The smallest absolute Gasteiger partial charge is 0.311 e. The van der Waals surface area contributed by atoms with Gasteiger partial charge in [0.25, 0.3) is 0 Å². The molecule has 0 N–H and O–H groups in total. The van der Waals surface area contributed by atoms with Crippen LogP contribution < -0.4 is 0 Å². The highest BCUT2D eigenvalue weighted by molar-refractivity contribution is 7.99. The van der Waals surface area contributed by atoms with Gasteiger partial charge in [-0.3, -0.25) is 0 Å². The predicted molar refractivity (Wildman–Crippen MR) is 192 cm³/mol. The van der Waals surface area contributed by atoms with Crippen LogP contribution in [0.4, 0.5) is 0 Å². The van der Waals surface area contributed by atoms with E-state index in [1.54, 1.807) is 35.3 Å². The summed E-state index contributed by atoms with van der Waals surface area (Å²) in [5.74, 6) is 2.55. The maximum atomic E-state index is 6.13. The molecule has 7 heteroatoms. The van der Waals surface area contributed by atoms with Crippen LogP contribution in [0.2, 0.25) is 0 Å². The third-order valence-electron chi connectivity index (χ3n) is 6.81. The summed E-state index contributed by atoms with van der Waals surface area (Å²) in [7, 11) is -1.40. The minimum atomic E-state index is -1.40. The van der Waals surface area contributed by atoms with Gasteiger partial charge in [0.2, 0.25) is 0 Å². The van der Waals surface area contributed by atoms with Gasteiger partial charge in [-0.25, -0.2) is 0 Å². The minimum absolute atomic E-state index is 0.166. The molecule has 0 aliphatic rings. The van der Waals surface area contributed by atoms with E-state index < -0.39 is 8.60 Å². The zero-order valence-electron chi connectivity index (χ0n) is 27.6. The van der Waals surface area contributed by atoms with Crippen LogP contribution in [0.25, 0.3) is 0 Å². The molecule has 0 amide bonds. The molecule has 0 saturated carbocycles. The monoisotopic (exact) mass is 658 g/mol. The summed E-state index contributed by atoms with van der Waals surface area (Å²) in [5.41, 5.74) is 4.55. The lowest BCUT2D eigenvalue weighted by molar-refractivity contribution is 0.179. The first kappa shape index (κ1) is 36.5. The summed E-state index contributed by atoms with van der Waals surface area (Å²) in [6.07, 6.45) is 0. The quantitative estimate of drug-likeness (QED) is 0.0916. The minimum Gasteiger partial charge on any atom is -0.311 e. The van der Waals surface area contributed by atoms with E-state index >= 15 is 0 Å². The maximum absolute atomic E-state index is 6.13. The lowest BCUT2D eigenvalue weighted by Gasteiger charge is -2.19. The molecule has 0 spiro atoms. The van der Waals surface area contributed by atoms with Gasteiger partial charge in [0.15, 0.2) is 0 Å². The van der Waals surface area contributed by atoms with Gasteiger partial charge in [-0.2, -0.15) is 0 Å². The van der Waals surface area contributed by atoms with E-state index in [1.807, 2.05) is 0 Å². The summed E-state index contributed by atoms with van der Waals surface area (Å²) >= 11 is 5.41. The molecule has 0 heterocycles. The topological polar surface area (TPSA) is 27.7 Å². The zero-order chi connectivity index (χ0) is 31.5. The Morgan fingerprint density at radius 3 is 0.860 bits per heavy atom. The predicted octanol–water partition coefficient (Wildman–Crippen LogP) is 11.5. The Morgan fingerprint density at radius 1 is 0.419 bits per heavy atom. The molecule has 43 heavy (non-hydrogen) atoms. The van der Waals surface area contributed by atoms with Gasteiger partial charge in [-0.1, -0.05) is 98.7 Å². The number of thioether (sulfide) groups is 3. The van der Waals surface area contributed by atoms with Gasteiger partial charge in [0, 0.05) is 31.9 Å².